The van der Waals surface area contributed by atoms with Crippen molar-refractivity contribution in [2.45, 2.75) is 52.2 Å². The molecule has 0 N–H and O–H groups in total. The number of rotatable bonds is 3. The fourth-order valence-electron chi connectivity index (χ4n) is 0.427. The second kappa shape index (κ2) is 22.9. The van der Waals surface area contributed by atoms with E-state index in [0.717, 1.165) is 6.42 Å². The maximum atomic E-state index is 3.72. The maximum absolute atomic E-state index is 3.72. The molecule has 0 atom stereocenters. The number of unbranched alkanes of at least 4 members (excludes halogenated alkanes) is 3. The van der Waals surface area contributed by atoms with Gasteiger partial charge in [0.2, 0.25) is 0 Å². The Balaban J connectivity index is -0.0000000483. The fourth-order valence-corrected chi connectivity index (χ4v) is 0.427. The summed E-state index contributed by atoms with van der Waals surface area (Å²) in [5.74, 6) is 0. The van der Waals surface area contributed by atoms with Gasteiger partial charge in [-0.15, -0.1) is 0 Å². The molecule has 0 rings (SSSR count). The van der Waals surface area contributed by atoms with E-state index < -0.39 is 0 Å². The Kier molecular flexibility index (Phi) is 44.5. The van der Waals surface area contributed by atoms with Crippen LogP contribution in [0.25, 0.3) is 0 Å². The molecule has 0 fully saturated rings. The van der Waals surface area contributed by atoms with Gasteiger partial charge in [0.15, 0.2) is 0 Å². The van der Waals surface area contributed by atoms with Gasteiger partial charge in [0.25, 0.3) is 0 Å². The smallest absolute Gasteiger partial charge is 0.0379 e. The molecule has 0 heterocycles. The van der Waals surface area contributed by atoms with Gasteiger partial charge < -0.3 is 14.4 Å². The summed E-state index contributed by atoms with van der Waals surface area (Å²) in [7, 11) is 0.120. The minimum atomic E-state index is 0. The Morgan fingerprint density at radius 2 is 1.42 bits per heavy atom. The van der Waals surface area contributed by atoms with Crippen LogP contribution in [0.4, 0.5) is 0 Å². The summed E-state index contributed by atoms with van der Waals surface area (Å²) >= 11 is 0. The molecule has 0 unspecified atom stereocenters. The Morgan fingerprint density at radius 1 is 1.08 bits per heavy atom. The van der Waals surface area contributed by atoms with Gasteiger partial charge in [0.05, 0.1) is 0 Å². The zero-order chi connectivity index (χ0) is 8.41. The summed E-state index contributed by atoms with van der Waals surface area (Å²) in [5.41, 5.74) is 0. The Labute approximate surface area is 112 Å². The molecule has 0 aromatic heterocycles. The molecule has 0 aliphatic heterocycles. The zero-order valence-electron chi connectivity index (χ0n) is 9.34. The Bertz CT molecular complexity index is 40.3. The van der Waals surface area contributed by atoms with E-state index in [0.29, 0.717) is 0 Å². The summed E-state index contributed by atoms with van der Waals surface area (Å²) < 4.78 is 0. The van der Waals surface area contributed by atoms with Crippen molar-refractivity contribution < 1.29 is 37.7 Å². The van der Waals surface area contributed by atoms with Gasteiger partial charge in [-0.2, -0.15) is 6.42 Å². The molecule has 82 valence electrons. The minimum absolute atomic E-state index is 0. The van der Waals surface area contributed by atoms with Crippen LogP contribution in [0.2, 0.25) is 19.6 Å². The predicted octanol–water partition coefficient (Wildman–Crippen LogP) is 4.22. The molecule has 0 aromatic carbocycles. The van der Waals surface area contributed by atoms with Crippen LogP contribution in [0.3, 0.4) is 0 Å². The van der Waals surface area contributed by atoms with Crippen LogP contribution < -0.4 is 0 Å². The topological polar surface area (TPSA) is 0 Å². The Morgan fingerprint density at radius 3 is 1.50 bits per heavy atom. The first kappa shape index (κ1) is 23.4. The van der Waals surface area contributed by atoms with Gasteiger partial charge >= 0.3 is 0 Å². The molecule has 0 nitrogen and oxygen atoms in total. The van der Waals surface area contributed by atoms with Gasteiger partial charge in [-0.25, -0.2) is 0 Å². The molecule has 2 radical (unpaired) electrons. The maximum Gasteiger partial charge on any atom is 0.0379 e. The monoisotopic (exact) mass is 338 g/mol. The molecule has 12 heavy (non-hydrogen) atoms. The number of hydrogen-bond donors (Lipinski definition) is 0. The summed E-state index contributed by atoms with van der Waals surface area (Å²) in [4.78, 5) is 0. The second-order valence-electron chi connectivity index (χ2n) is 3.06. The molecule has 0 saturated heterocycles. The van der Waals surface area contributed by atoms with Gasteiger partial charge in [-0.3, -0.25) is 0 Å². The molecule has 0 amide bonds. The van der Waals surface area contributed by atoms with Gasteiger partial charge in [-0.1, -0.05) is 45.8 Å². The molecular weight excluding hydrogens is 313 g/mol. The van der Waals surface area contributed by atoms with Crippen molar-refractivity contribution in [1.29, 1.82) is 0 Å². The van der Waals surface area contributed by atoms with Crippen molar-refractivity contribution in [3.05, 3.63) is 14.4 Å². The second-order valence-corrected chi connectivity index (χ2v) is 6.06. The van der Waals surface area contributed by atoms with Crippen LogP contribution in [0, 0.1) is 52.1 Å². The average Bonchev–Trinajstić information content (AvgIpc) is 1.82. The van der Waals surface area contributed by atoms with E-state index >= 15 is 0 Å². The molecule has 0 spiro atoms. The Hall–Kier alpha value is 1.48. The summed E-state index contributed by atoms with van der Waals surface area (Å²) in [6, 6.07) is 0. The van der Waals surface area contributed by atoms with E-state index in [1.54, 1.807) is 0 Å². The number of hydrogen-bond acceptors (Lipinski definition) is 0. The molecular formula is C10H25HoSi-2. The largest absolute Gasteiger partial charge is 0.358 e. The summed E-state index contributed by atoms with van der Waals surface area (Å²) in [6.45, 7) is 12.7. The minimum Gasteiger partial charge on any atom is -0.358 e. The summed E-state index contributed by atoms with van der Waals surface area (Å²) in [5, 5.41) is 0. The van der Waals surface area contributed by atoms with Crippen molar-refractivity contribution in [2.24, 2.45) is 0 Å². The third-order valence-corrected chi connectivity index (χ3v) is 0.854. The van der Waals surface area contributed by atoms with E-state index in [1.165, 1.54) is 19.3 Å². The summed E-state index contributed by atoms with van der Waals surface area (Å²) in [6.07, 6.45) is 5.07. The fraction of sp³-hybridized carbons (Fsp3) is 0.800. The van der Waals surface area contributed by atoms with E-state index in [-0.39, 0.29) is 54.0 Å². The van der Waals surface area contributed by atoms with Gasteiger partial charge in [0.1, 0.15) is 0 Å². The van der Waals surface area contributed by atoms with Crippen LogP contribution in [-0.4, -0.2) is 8.80 Å². The third kappa shape index (κ3) is 62.9. The van der Waals surface area contributed by atoms with E-state index in [1.807, 2.05) is 0 Å². The van der Waals surface area contributed by atoms with Crippen LogP contribution >= 0.6 is 0 Å². The van der Waals surface area contributed by atoms with Gasteiger partial charge in [0, 0.05) is 46.5 Å². The van der Waals surface area contributed by atoms with Crippen molar-refractivity contribution in [3.8, 4) is 0 Å². The van der Waals surface area contributed by atoms with Gasteiger partial charge in [-0.05, 0) is 0 Å². The van der Waals surface area contributed by atoms with E-state index in [2.05, 4.69) is 33.5 Å². The molecule has 0 aliphatic rings. The predicted molar refractivity (Wildman–Crippen MR) is 59.3 cm³/mol. The third-order valence-electron chi connectivity index (χ3n) is 0.854. The van der Waals surface area contributed by atoms with Crippen molar-refractivity contribution >= 4 is 8.80 Å². The SMILES string of the molecule is C[Si](C)C.[CH2-]CCCCC.[CH3-].[Ho]. The van der Waals surface area contributed by atoms with E-state index in [9.17, 15) is 0 Å². The van der Waals surface area contributed by atoms with Crippen molar-refractivity contribution in [1.82, 2.24) is 0 Å². The van der Waals surface area contributed by atoms with Crippen LogP contribution in [0.5, 0.6) is 0 Å². The molecule has 0 bridgehead atoms. The van der Waals surface area contributed by atoms with Crippen LogP contribution in [-0.2, 0) is 0 Å². The average molecular weight is 338 g/mol. The first-order chi connectivity index (χ1) is 4.65. The van der Waals surface area contributed by atoms with E-state index in [4.69, 9.17) is 0 Å². The molecule has 2 heteroatoms. The molecule has 0 aromatic rings. The molecule has 0 aliphatic carbocycles. The molecule has 0 saturated carbocycles. The first-order valence-corrected chi connectivity index (χ1v) is 7.21. The van der Waals surface area contributed by atoms with Crippen molar-refractivity contribution in [2.75, 3.05) is 0 Å². The normalized spacial score (nSPS) is 7.50. The van der Waals surface area contributed by atoms with Crippen LogP contribution in [0.1, 0.15) is 32.6 Å². The van der Waals surface area contributed by atoms with Crippen molar-refractivity contribution in [3.63, 3.8) is 0 Å². The zero-order valence-corrected chi connectivity index (χ0v) is 12.3. The quantitative estimate of drug-likeness (QED) is 0.411. The van der Waals surface area contributed by atoms with Crippen LogP contribution in [0.15, 0.2) is 0 Å². The first-order valence-electron chi connectivity index (χ1n) is 4.21. The standard InChI is InChI=1S/C6H13.C3H9Si.CH3.Ho/c1-3-5-6-4-2;1-4(2)3;;/h1,3-6H2,2H3;1-3H3;1H3;/q-1;;-1;.